The molecule has 1 atom stereocenters. The molecule has 1 unspecified atom stereocenters. The first-order valence-corrected chi connectivity index (χ1v) is 6.60. The lowest BCUT2D eigenvalue weighted by molar-refractivity contribution is 0.730. The lowest BCUT2D eigenvalue weighted by atomic mass is 10.0. The maximum absolute atomic E-state index is 6.24. The summed E-state index contributed by atoms with van der Waals surface area (Å²) in [5.74, 6) is 0. The highest BCUT2D eigenvalue weighted by Gasteiger charge is 2.08. The number of rotatable bonds is 4. The van der Waals surface area contributed by atoms with Crippen molar-refractivity contribution in [1.29, 1.82) is 0 Å². The van der Waals surface area contributed by atoms with E-state index in [0.29, 0.717) is 0 Å². The first-order valence-electron chi connectivity index (χ1n) is 5.72. The summed E-state index contributed by atoms with van der Waals surface area (Å²) >= 11 is 1.77. The van der Waals surface area contributed by atoms with Gasteiger partial charge in [0.2, 0.25) is 0 Å². The standard InChI is InChI=1S/C14H18N2S/c1-16(2)12-6-3-5-11(9-12)14(15)10-13-7-4-8-17-13/h3-9,14H,10,15H2,1-2H3. The molecule has 0 aliphatic carbocycles. The molecule has 2 aromatic rings. The van der Waals surface area contributed by atoms with E-state index in [9.17, 15) is 0 Å². The fraction of sp³-hybridized carbons (Fsp3) is 0.286. The Morgan fingerprint density at radius 1 is 1.24 bits per heavy atom. The minimum absolute atomic E-state index is 0.0774. The second-order valence-electron chi connectivity index (χ2n) is 4.38. The minimum atomic E-state index is 0.0774. The van der Waals surface area contributed by atoms with Crippen LogP contribution in [0.5, 0.6) is 0 Å². The number of hydrogen-bond donors (Lipinski definition) is 1. The van der Waals surface area contributed by atoms with Gasteiger partial charge in [0, 0.05) is 37.1 Å². The topological polar surface area (TPSA) is 29.3 Å². The van der Waals surface area contributed by atoms with Gasteiger partial charge < -0.3 is 10.6 Å². The lowest BCUT2D eigenvalue weighted by Crippen LogP contribution is -2.14. The van der Waals surface area contributed by atoms with Gasteiger partial charge in [-0.2, -0.15) is 0 Å². The van der Waals surface area contributed by atoms with Gasteiger partial charge in [-0.05, 0) is 29.1 Å². The van der Waals surface area contributed by atoms with Gasteiger partial charge in [-0.3, -0.25) is 0 Å². The molecule has 2 rings (SSSR count). The fourth-order valence-electron chi connectivity index (χ4n) is 1.80. The monoisotopic (exact) mass is 246 g/mol. The van der Waals surface area contributed by atoms with E-state index in [1.54, 1.807) is 11.3 Å². The third kappa shape index (κ3) is 3.08. The highest BCUT2D eigenvalue weighted by atomic mass is 32.1. The molecule has 0 radical (unpaired) electrons. The number of thiophene rings is 1. The molecule has 0 spiro atoms. The van der Waals surface area contributed by atoms with Crippen molar-refractivity contribution in [2.75, 3.05) is 19.0 Å². The molecule has 0 aliphatic heterocycles. The van der Waals surface area contributed by atoms with Crippen LogP contribution >= 0.6 is 11.3 Å². The van der Waals surface area contributed by atoms with E-state index in [4.69, 9.17) is 5.73 Å². The molecular formula is C14H18N2S. The zero-order valence-electron chi connectivity index (χ0n) is 10.3. The zero-order valence-corrected chi connectivity index (χ0v) is 11.1. The Bertz CT molecular complexity index is 463. The average Bonchev–Trinajstić information content (AvgIpc) is 2.82. The maximum atomic E-state index is 6.24. The van der Waals surface area contributed by atoms with Crippen LogP contribution < -0.4 is 10.6 Å². The molecule has 1 heterocycles. The van der Waals surface area contributed by atoms with E-state index in [0.717, 1.165) is 6.42 Å². The lowest BCUT2D eigenvalue weighted by Gasteiger charge is -2.16. The zero-order chi connectivity index (χ0) is 12.3. The summed E-state index contributed by atoms with van der Waals surface area (Å²) in [7, 11) is 4.09. The van der Waals surface area contributed by atoms with E-state index in [-0.39, 0.29) is 6.04 Å². The maximum Gasteiger partial charge on any atom is 0.0364 e. The second-order valence-corrected chi connectivity index (χ2v) is 5.41. The summed E-state index contributed by atoms with van der Waals surface area (Å²) < 4.78 is 0. The molecule has 1 aromatic heterocycles. The van der Waals surface area contributed by atoms with Gasteiger partial charge in [0.05, 0.1) is 0 Å². The molecule has 0 aliphatic rings. The van der Waals surface area contributed by atoms with Crippen LogP contribution in [0.2, 0.25) is 0 Å². The van der Waals surface area contributed by atoms with Gasteiger partial charge in [-0.25, -0.2) is 0 Å². The Balaban J connectivity index is 2.13. The molecule has 0 saturated carbocycles. The quantitative estimate of drug-likeness (QED) is 0.898. The van der Waals surface area contributed by atoms with Crippen molar-refractivity contribution in [1.82, 2.24) is 0 Å². The summed E-state index contributed by atoms with van der Waals surface area (Å²) in [5, 5.41) is 2.10. The Labute approximate surface area is 107 Å². The van der Waals surface area contributed by atoms with Crippen molar-refractivity contribution in [2.45, 2.75) is 12.5 Å². The smallest absolute Gasteiger partial charge is 0.0364 e. The summed E-state index contributed by atoms with van der Waals surface area (Å²) in [4.78, 5) is 3.44. The van der Waals surface area contributed by atoms with Crippen molar-refractivity contribution >= 4 is 17.0 Å². The van der Waals surface area contributed by atoms with E-state index in [1.807, 2.05) is 14.1 Å². The van der Waals surface area contributed by atoms with E-state index >= 15 is 0 Å². The molecule has 17 heavy (non-hydrogen) atoms. The third-order valence-corrected chi connectivity index (χ3v) is 3.71. The molecular weight excluding hydrogens is 228 g/mol. The first-order chi connectivity index (χ1) is 8.16. The van der Waals surface area contributed by atoms with Crippen LogP contribution in [0.1, 0.15) is 16.5 Å². The van der Waals surface area contributed by atoms with E-state index < -0.39 is 0 Å². The van der Waals surface area contributed by atoms with Crippen molar-refractivity contribution in [3.05, 3.63) is 52.2 Å². The van der Waals surface area contributed by atoms with Gasteiger partial charge in [0.15, 0.2) is 0 Å². The van der Waals surface area contributed by atoms with Crippen LogP contribution in [-0.2, 0) is 6.42 Å². The van der Waals surface area contributed by atoms with Gasteiger partial charge in [0.25, 0.3) is 0 Å². The predicted molar refractivity (Wildman–Crippen MR) is 75.7 cm³/mol. The highest BCUT2D eigenvalue weighted by molar-refractivity contribution is 7.09. The Hall–Kier alpha value is -1.32. The van der Waals surface area contributed by atoms with Crippen molar-refractivity contribution < 1.29 is 0 Å². The third-order valence-electron chi connectivity index (χ3n) is 2.82. The summed E-state index contributed by atoms with van der Waals surface area (Å²) in [6.07, 6.45) is 0.911. The SMILES string of the molecule is CN(C)c1cccc(C(N)Cc2cccs2)c1. The first kappa shape index (κ1) is 12.1. The average molecular weight is 246 g/mol. The largest absolute Gasteiger partial charge is 0.378 e. The van der Waals surface area contributed by atoms with Crippen LogP contribution in [0.25, 0.3) is 0 Å². The molecule has 1 aromatic carbocycles. The van der Waals surface area contributed by atoms with Crippen LogP contribution in [0.15, 0.2) is 41.8 Å². The number of nitrogens with two attached hydrogens (primary N) is 1. The fourth-order valence-corrected chi connectivity index (χ4v) is 2.56. The molecule has 0 bridgehead atoms. The van der Waals surface area contributed by atoms with E-state index in [1.165, 1.54) is 16.1 Å². The van der Waals surface area contributed by atoms with Gasteiger partial charge in [-0.1, -0.05) is 18.2 Å². The van der Waals surface area contributed by atoms with Crippen LogP contribution in [-0.4, -0.2) is 14.1 Å². The number of benzene rings is 1. The summed E-state index contributed by atoms with van der Waals surface area (Å²) in [5.41, 5.74) is 8.64. The van der Waals surface area contributed by atoms with Gasteiger partial charge in [-0.15, -0.1) is 11.3 Å². The highest BCUT2D eigenvalue weighted by Crippen LogP contribution is 2.22. The normalized spacial score (nSPS) is 12.4. The van der Waals surface area contributed by atoms with Crippen molar-refractivity contribution in [3.63, 3.8) is 0 Å². The molecule has 2 N–H and O–H groups in total. The molecule has 0 saturated heterocycles. The predicted octanol–water partition coefficient (Wildman–Crippen LogP) is 3.06. The van der Waals surface area contributed by atoms with Crippen molar-refractivity contribution in [2.24, 2.45) is 5.73 Å². The summed E-state index contributed by atoms with van der Waals surface area (Å²) in [6, 6.07) is 12.7. The Kier molecular flexibility index (Phi) is 3.82. The summed E-state index contributed by atoms with van der Waals surface area (Å²) in [6.45, 7) is 0. The number of hydrogen-bond acceptors (Lipinski definition) is 3. The molecule has 0 amide bonds. The van der Waals surface area contributed by atoms with E-state index in [2.05, 4.69) is 46.7 Å². The van der Waals surface area contributed by atoms with Crippen LogP contribution in [0.3, 0.4) is 0 Å². The Morgan fingerprint density at radius 2 is 2.06 bits per heavy atom. The molecule has 3 heteroatoms. The molecule has 2 nitrogen and oxygen atoms in total. The van der Waals surface area contributed by atoms with Crippen molar-refractivity contribution in [3.8, 4) is 0 Å². The second kappa shape index (κ2) is 5.34. The minimum Gasteiger partial charge on any atom is -0.378 e. The van der Waals surface area contributed by atoms with Gasteiger partial charge in [0.1, 0.15) is 0 Å². The Morgan fingerprint density at radius 3 is 2.71 bits per heavy atom. The van der Waals surface area contributed by atoms with Gasteiger partial charge >= 0.3 is 0 Å². The van der Waals surface area contributed by atoms with Crippen LogP contribution in [0, 0.1) is 0 Å². The molecule has 0 fully saturated rings. The van der Waals surface area contributed by atoms with Crippen LogP contribution in [0.4, 0.5) is 5.69 Å². The molecule has 90 valence electrons. The number of nitrogens with zero attached hydrogens (tertiary/aromatic N) is 1. The number of anilines is 1.